The second kappa shape index (κ2) is 9.55. The fourth-order valence-electron chi connectivity index (χ4n) is 5.18. The van der Waals surface area contributed by atoms with Gasteiger partial charge in [0.05, 0.1) is 36.5 Å². The number of nitrogen functional groups attached to an aromatic ring is 1. The number of aryl methyl sites for hydroxylation is 1. The Morgan fingerprint density at radius 3 is 2.68 bits per heavy atom. The molecule has 1 saturated heterocycles. The normalized spacial score (nSPS) is 15.3. The summed E-state index contributed by atoms with van der Waals surface area (Å²) in [7, 11) is 1.64. The number of carboxylic acid groups (broad SMARTS) is 1. The van der Waals surface area contributed by atoms with Crippen molar-refractivity contribution >= 4 is 34.5 Å². The third-order valence-electron chi connectivity index (χ3n) is 7.22. The van der Waals surface area contributed by atoms with Crippen LogP contribution in [0.15, 0.2) is 24.8 Å². The minimum absolute atomic E-state index is 0.122. The number of piperidine rings is 1. The predicted octanol–water partition coefficient (Wildman–Crippen LogP) is 4.48. The molecule has 1 unspecified atom stereocenters. The number of likely N-dealkylation sites (tertiary alicyclic amines) is 1. The van der Waals surface area contributed by atoms with Crippen LogP contribution >= 0.6 is 11.6 Å². The van der Waals surface area contributed by atoms with Crippen LogP contribution in [0, 0.1) is 13.8 Å². The molecule has 0 bridgehead atoms. The number of carbonyl (C=O) groups is 1. The van der Waals surface area contributed by atoms with Crippen LogP contribution in [0.1, 0.15) is 48.7 Å². The number of hydrogen-bond donors (Lipinski definition) is 2. The summed E-state index contributed by atoms with van der Waals surface area (Å²) in [6.07, 6.45) is 5.76. The Kier molecular flexibility index (Phi) is 6.40. The zero-order chi connectivity index (χ0) is 26.4. The number of halogens is 1. The molecule has 11 nitrogen and oxygen atoms in total. The summed E-state index contributed by atoms with van der Waals surface area (Å²) in [6, 6.07) is 1.76. The van der Waals surface area contributed by atoms with Gasteiger partial charge in [-0.2, -0.15) is 10.2 Å². The quantitative estimate of drug-likeness (QED) is 0.390. The fraction of sp³-hybridized carbons (Fsp3) is 0.400. The monoisotopic (exact) mass is 524 g/mol. The second-order valence-electron chi connectivity index (χ2n) is 9.35. The highest BCUT2D eigenvalue weighted by atomic mass is 35.5. The van der Waals surface area contributed by atoms with E-state index in [-0.39, 0.29) is 12.1 Å². The Labute approximate surface area is 218 Å². The number of rotatable bonds is 5. The maximum atomic E-state index is 11.3. The maximum absolute atomic E-state index is 11.3. The number of anilines is 1. The van der Waals surface area contributed by atoms with Crippen molar-refractivity contribution in [2.75, 3.05) is 25.9 Å². The van der Waals surface area contributed by atoms with Crippen molar-refractivity contribution in [3.05, 3.63) is 46.6 Å². The number of methoxy groups -OCH3 is 1. The summed E-state index contributed by atoms with van der Waals surface area (Å²) in [4.78, 5) is 21.3. The molecule has 0 spiro atoms. The van der Waals surface area contributed by atoms with E-state index >= 15 is 0 Å². The summed E-state index contributed by atoms with van der Waals surface area (Å²) in [6.45, 7) is 6.82. The minimum Gasteiger partial charge on any atom is -0.496 e. The average molecular weight is 525 g/mol. The largest absolute Gasteiger partial charge is 0.496 e. The van der Waals surface area contributed by atoms with Crippen molar-refractivity contribution < 1.29 is 14.6 Å². The molecule has 5 rings (SSSR count). The van der Waals surface area contributed by atoms with Crippen LogP contribution in [-0.2, 0) is 0 Å². The van der Waals surface area contributed by atoms with E-state index in [0.29, 0.717) is 48.2 Å². The molecule has 0 aliphatic carbocycles. The zero-order valence-corrected chi connectivity index (χ0v) is 21.9. The van der Waals surface area contributed by atoms with E-state index in [1.165, 1.54) is 11.2 Å². The molecule has 1 aliphatic rings. The number of nitrogens with two attached hydrogens (primary N) is 1. The van der Waals surface area contributed by atoms with Gasteiger partial charge in [0.2, 0.25) is 0 Å². The SMILES string of the molecule is COc1c(C(C)n2nc(C)c3c(N)ncnc32)cc(Cl)c(C)c1-c1cnn(C2CCN(C(=O)O)CC2)c1. The molecule has 37 heavy (non-hydrogen) atoms. The number of benzene rings is 1. The topological polar surface area (TPSA) is 137 Å². The lowest BCUT2D eigenvalue weighted by Crippen LogP contribution is -2.38. The number of nitrogens with zero attached hydrogens (tertiary/aromatic N) is 7. The zero-order valence-electron chi connectivity index (χ0n) is 21.1. The van der Waals surface area contributed by atoms with E-state index in [4.69, 9.17) is 27.2 Å². The standard InChI is InChI=1S/C25H29ClN8O3/c1-13-19(26)9-18(15(3)34-24-21(14(2)31-34)23(27)28-12-29-24)22(37-4)20(13)16-10-30-33(11-16)17-5-7-32(8-6-17)25(35)36/h9-12,15,17H,5-8H2,1-4H3,(H,35,36)(H2,27,28,29). The lowest BCUT2D eigenvalue weighted by molar-refractivity contribution is 0.124. The Balaban J connectivity index is 1.55. The number of ether oxygens (including phenoxy) is 1. The van der Waals surface area contributed by atoms with Gasteiger partial charge in [0, 0.05) is 41.0 Å². The third-order valence-corrected chi connectivity index (χ3v) is 7.61. The highest BCUT2D eigenvalue weighted by molar-refractivity contribution is 6.32. The first-order chi connectivity index (χ1) is 17.7. The van der Waals surface area contributed by atoms with Crippen molar-refractivity contribution in [1.82, 2.24) is 34.4 Å². The first-order valence-electron chi connectivity index (χ1n) is 12.1. The van der Waals surface area contributed by atoms with Gasteiger partial charge in [0.1, 0.15) is 17.9 Å². The van der Waals surface area contributed by atoms with E-state index in [1.54, 1.807) is 13.3 Å². The molecule has 1 aromatic carbocycles. The molecule has 0 radical (unpaired) electrons. The Bertz CT molecular complexity index is 1490. The Morgan fingerprint density at radius 1 is 1.27 bits per heavy atom. The summed E-state index contributed by atoms with van der Waals surface area (Å²) in [5.74, 6) is 1.06. The fourth-order valence-corrected chi connectivity index (χ4v) is 5.39. The van der Waals surface area contributed by atoms with Crippen LogP contribution in [0.2, 0.25) is 5.02 Å². The molecule has 1 aliphatic heterocycles. The van der Waals surface area contributed by atoms with E-state index in [0.717, 1.165) is 33.3 Å². The second-order valence-corrected chi connectivity index (χ2v) is 9.76. The maximum Gasteiger partial charge on any atom is 0.407 e. The average Bonchev–Trinajstić information content (AvgIpc) is 3.50. The van der Waals surface area contributed by atoms with Gasteiger partial charge in [-0.3, -0.25) is 4.68 Å². The van der Waals surface area contributed by atoms with Gasteiger partial charge in [-0.15, -0.1) is 0 Å². The van der Waals surface area contributed by atoms with Crippen LogP contribution in [0.3, 0.4) is 0 Å². The molecule has 1 fully saturated rings. The van der Waals surface area contributed by atoms with Crippen LogP contribution in [-0.4, -0.2) is 65.8 Å². The molecular formula is C25H29ClN8O3. The first kappa shape index (κ1) is 24.8. The number of aromatic nitrogens is 6. The van der Waals surface area contributed by atoms with Gasteiger partial charge in [0.15, 0.2) is 5.65 Å². The highest BCUT2D eigenvalue weighted by Crippen LogP contribution is 2.43. The van der Waals surface area contributed by atoms with Crippen molar-refractivity contribution in [2.45, 2.75) is 45.7 Å². The lowest BCUT2D eigenvalue weighted by atomic mass is 9.95. The summed E-state index contributed by atoms with van der Waals surface area (Å²) in [5.41, 5.74) is 10.9. The van der Waals surface area contributed by atoms with Crippen LogP contribution in [0.25, 0.3) is 22.2 Å². The smallest absolute Gasteiger partial charge is 0.407 e. The minimum atomic E-state index is -0.880. The lowest BCUT2D eigenvalue weighted by Gasteiger charge is -2.30. The van der Waals surface area contributed by atoms with Crippen LogP contribution < -0.4 is 10.5 Å². The molecular weight excluding hydrogens is 496 g/mol. The predicted molar refractivity (Wildman–Crippen MR) is 140 cm³/mol. The Morgan fingerprint density at radius 2 is 2.00 bits per heavy atom. The summed E-state index contributed by atoms with van der Waals surface area (Å²) in [5, 5.41) is 19.9. The van der Waals surface area contributed by atoms with Crippen molar-refractivity contribution in [3.8, 4) is 16.9 Å². The summed E-state index contributed by atoms with van der Waals surface area (Å²) >= 11 is 6.76. The van der Waals surface area contributed by atoms with Gasteiger partial charge in [0.25, 0.3) is 0 Å². The molecule has 1 amide bonds. The molecule has 194 valence electrons. The van der Waals surface area contributed by atoms with Gasteiger partial charge in [-0.1, -0.05) is 11.6 Å². The molecule has 0 saturated carbocycles. The van der Waals surface area contributed by atoms with Gasteiger partial charge in [-0.25, -0.2) is 19.4 Å². The van der Waals surface area contributed by atoms with Gasteiger partial charge < -0.3 is 20.5 Å². The van der Waals surface area contributed by atoms with E-state index < -0.39 is 6.09 Å². The van der Waals surface area contributed by atoms with Gasteiger partial charge >= 0.3 is 6.09 Å². The van der Waals surface area contributed by atoms with E-state index in [2.05, 4.69) is 15.1 Å². The number of fused-ring (bicyclic) bond motifs is 1. The van der Waals surface area contributed by atoms with Crippen molar-refractivity contribution in [1.29, 1.82) is 0 Å². The third kappa shape index (κ3) is 4.22. The van der Waals surface area contributed by atoms with Crippen LogP contribution in [0.5, 0.6) is 5.75 Å². The molecule has 12 heteroatoms. The van der Waals surface area contributed by atoms with Crippen LogP contribution in [0.4, 0.5) is 10.6 Å². The first-order valence-corrected chi connectivity index (χ1v) is 12.4. The molecule has 3 N–H and O–H groups in total. The molecule has 3 aromatic heterocycles. The number of hydrogen-bond acceptors (Lipinski definition) is 7. The number of amides is 1. The van der Waals surface area contributed by atoms with Crippen molar-refractivity contribution in [2.24, 2.45) is 0 Å². The molecule has 4 aromatic rings. The van der Waals surface area contributed by atoms with Crippen molar-refractivity contribution in [3.63, 3.8) is 0 Å². The highest BCUT2D eigenvalue weighted by Gasteiger charge is 2.27. The van der Waals surface area contributed by atoms with E-state index in [9.17, 15) is 9.90 Å². The molecule has 4 heterocycles. The molecule has 1 atom stereocenters. The summed E-state index contributed by atoms with van der Waals surface area (Å²) < 4.78 is 9.71. The van der Waals surface area contributed by atoms with E-state index in [1.807, 2.05) is 42.4 Å². The Hall–Kier alpha value is -3.86. The van der Waals surface area contributed by atoms with Gasteiger partial charge in [-0.05, 0) is 45.2 Å².